The molecule has 0 saturated heterocycles. The van der Waals surface area contributed by atoms with E-state index < -0.39 is 10.0 Å². The van der Waals surface area contributed by atoms with E-state index in [1.165, 1.54) is 12.1 Å². The molecule has 2 rings (SSSR count). The van der Waals surface area contributed by atoms with Crippen LogP contribution in [-0.2, 0) is 14.8 Å². The molecule has 1 aliphatic heterocycles. The minimum Gasteiger partial charge on any atom is -0.482 e. The van der Waals surface area contributed by atoms with E-state index in [4.69, 9.17) is 27.9 Å². The van der Waals surface area contributed by atoms with Crippen LogP contribution < -0.4 is 14.8 Å². The molecule has 1 amide bonds. The molecule has 2 N–H and O–H groups in total. The molecule has 104 valence electrons. The van der Waals surface area contributed by atoms with Crippen molar-refractivity contribution < 1.29 is 17.9 Å². The molecule has 0 aromatic heterocycles. The van der Waals surface area contributed by atoms with Crippen LogP contribution in [0, 0.1) is 0 Å². The number of alkyl halides is 1. The SMILES string of the molecule is O=C1COc2cc(NS(=O)(=O)CCCl)c(Cl)cc2N1. The first kappa shape index (κ1) is 14.2. The number of fused-ring (bicyclic) bond motifs is 1. The van der Waals surface area contributed by atoms with Crippen molar-refractivity contribution in [2.24, 2.45) is 0 Å². The van der Waals surface area contributed by atoms with Crippen molar-refractivity contribution in [1.82, 2.24) is 0 Å². The lowest BCUT2D eigenvalue weighted by Gasteiger charge is -2.19. The minimum absolute atomic E-state index is 0.0234. The van der Waals surface area contributed by atoms with Gasteiger partial charge in [-0.1, -0.05) is 11.6 Å². The van der Waals surface area contributed by atoms with Crippen molar-refractivity contribution in [3.63, 3.8) is 0 Å². The first-order chi connectivity index (χ1) is 8.91. The number of sulfonamides is 1. The zero-order valence-corrected chi connectivity index (χ0v) is 11.9. The Balaban J connectivity index is 2.31. The van der Waals surface area contributed by atoms with Crippen LogP contribution in [0.4, 0.5) is 11.4 Å². The number of carbonyl (C=O) groups is 1. The fraction of sp³-hybridized carbons (Fsp3) is 0.300. The van der Waals surface area contributed by atoms with Crippen molar-refractivity contribution in [2.45, 2.75) is 0 Å². The van der Waals surface area contributed by atoms with E-state index in [-0.39, 0.29) is 34.9 Å². The molecule has 0 atom stereocenters. The van der Waals surface area contributed by atoms with E-state index in [1.807, 2.05) is 0 Å². The Morgan fingerprint density at radius 1 is 1.42 bits per heavy atom. The predicted octanol–water partition coefficient (Wildman–Crippen LogP) is 1.65. The summed E-state index contributed by atoms with van der Waals surface area (Å²) >= 11 is 11.3. The first-order valence-electron chi connectivity index (χ1n) is 5.24. The fourth-order valence-electron chi connectivity index (χ4n) is 1.50. The Hall–Kier alpha value is -1.18. The molecule has 9 heteroatoms. The van der Waals surface area contributed by atoms with Gasteiger partial charge in [0, 0.05) is 11.9 Å². The number of hydrogen-bond acceptors (Lipinski definition) is 4. The normalized spacial score (nSPS) is 14.3. The van der Waals surface area contributed by atoms with Crippen LogP contribution in [0.3, 0.4) is 0 Å². The van der Waals surface area contributed by atoms with E-state index in [2.05, 4.69) is 10.0 Å². The summed E-state index contributed by atoms with van der Waals surface area (Å²) in [5.74, 6) is -0.184. The summed E-state index contributed by atoms with van der Waals surface area (Å²) in [7, 11) is -3.55. The van der Waals surface area contributed by atoms with Gasteiger partial charge in [0.15, 0.2) is 6.61 Å². The number of ether oxygens (including phenoxy) is 1. The lowest BCUT2D eigenvalue weighted by atomic mass is 10.2. The molecule has 0 aliphatic carbocycles. The van der Waals surface area contributed by atoms with Crippen molar-refractivity contribution in [3.8, 4) is 5.75 Å². The molecule has 0 bridgehead atoms. The number of nitrogens with one attached hydrogen (secondary N) is 2. The van der Waals surface area contributed by atoms with Gasteiger partial charge in [-0.05, 0) is 6.07 Å². The van der Waals surface area contributed by atoms with Crippen LogP contribution >= 0.6 is 23.2 Å². The van der Waals surface area contributed by atoms with Crippen LogP contribution in [0.1, 0.15) is 0 Å². The number of benzene rings is 1. The maximum absolute atomic E-state index is 11.6. The summed E-state index contributed by atoms with van der Waals surface area (Å²) in [5, 5.41) is 2.72. The monoisotopic (exact) mass is 324 g/mol. The summed E-state index contributed by atoms with van der Waals surface area (Å²) in [6, 6.07) is 2.84. The summed E-state index contributed by atoms with van der Waals surface area (Å²) in [5.41, 5.74) is 0.586. The number of amides is 1. The van der Waals surface area contributed by atoms with Gasteiger partial charge in [-0.15, -0.1) is 11.6 Å². The van der Waals surface area contributed by atoms with Crippen LogP contribution in [0.15, 0.2) is 12.1 Å². The topological polar surface area (TPSA) is 84.5 Å². The summed E-state index contributed by atoms with van der Waals surface area (Å²) in [4.78, 5) is 11.1. The highest BCUT2D eigenvalue weighted by Gasteiger charge is 2.20. The zero-order valence-electron chi connectivity index (χ0n) is 9.57. The van der Waals surface area contributed by atoms with Gasteiger partial charge in [-0.3, -0.25) is 9.52 Å². The van der Waals surface area contributed by atoms with E-state index in [0.29, 0.717) is 11.4 Å². The Morgan fingerprint density at radius 3 is 2.84 bits per heavy atom. The molecule has 0 fully saturated rings. The van der Waals surface area contributed by atoms with Crippen molar-refractivity contribution >= 4 is 50.5 Å². The summed E-state index contributed by atoms with van der Waals surface area (Å²) in [6.45, 7) is -0.123. The predicted molar refractivity (Wildman–Crippen MR) is 73.7 cm³/mol. The van der Waals surface area contributed by atoms with Crippen LogP contribution in [0.5, 0.6) is 5.75 Å². The average molecular weight is 325 g/mol. The number of rotatable bonds is 4. The highest BCUT2D eigenvalue weighted by Crippen LogP contribution is 2.36. The number of carbonyl (C=O) groups excluding carboxylic acids is 1. The van der Waals surface area contributed by atoms with E-state index >= 15 is 0 Å². The molecular weight excluding hydrogens is 315 g/mol. The Morgan fingerprint density at radius 2 is 2.16 bits per heavy atom. The average Bonchev–Trinajstić information content (AvgIpc) is 2.30. The third kappa shape index (κ3) is 3.43. The second-order valence-electron chi connectivity index (χ2n) is 3.77. The summed E-state index contributed by atoms with van der Waals surface area (Å²) in [6.07, 6.45) is 0. The largest absolute Gasteiger partial charge is 0.482 e. The standard InChI is InChI=1S/C10H10Cl2N2O4S/c11-1-2-19(16,17)14-7-4-9-8(3-6(7)12)13-10(15)5-18-9/h3-4,14H,1-2,5H2,(H,13,15). The van der Waals surface area contributed by atoms with E-state index in [9.17, 15) is 13.2 Å². The van der Waals surface area contributed by atoms with Gasteiger partial charge in [-0.25, -0.2) is 8.42 Å². The molecule has 6 nitrogen and oxygen atoms in total. The van der Waals surface area contributed by atoms with Crippen LogP contribution in [-0.4, -0.2) is 32.6 Å². The fourth-order valence-corrected chi connectivity index (χ4v) is 3.18. The molecule has 0 radical (unpaired) electrons. The molecule has 0 saturated carbocycles. The van der Waals surface area contributed by atoms with Gasteiger partial charge in [0.05, 0.1) is 22.2 Å². The van der Waals surface area contributed by atoms with Gasteiger partial charge in [0.1, 0.15) is 5.75 Å². The van der Waals surface area contributed by atoms with E-state index in [0.717, 1.165) is 0 Å². The highest BCUT2D eigenvalue weighted by atomic mass is 35.5. The lowest BCUT2D eigenvalue weighted by molar-refractivity contribution is -0.118. The van der Waals surface area contributed by atoms with Gasteiger partial charge in [0.25, 0.3) is 5.91 Å². The quantitative estimate of drug-likeness (QED) is 0.825. The molecule has 1 heterocycles. The summed E-state index contributed by atoms with van der Waals surface area (Å²) < 4.78 is 30.7. The third-order valence-corrected chi connectivity index (χ3v) is 4.31. The van der Waals surface area contributed by atoms with Gasteiger partial charge in [0.2, 0.25) is 10.0 Å². The maximum atomic E-state index is 11.6. The molecule has 0 unspecified atom stereocenters. The van der Waals surface area contributed by atoms with Crippen LogP contribution in [0.25, 0.3) is 0 Å². The molecule has 0 spiro atoms. The molecule has 1 aromatic rings. The van der Waals surface area contributed by atoms with Crippen LogP contribution in [0.2, 0.25) is 5.02 Å². The Bertz CT molecular complexity index is 618. The molecule has 1 aliphatic rings. The van der Waals surface area contributed by atoms with Crippen molar-refractivity contribution in [1.29, 1.82) is 0 Å². The maximum Gasteiger partial charge on any atom is 0.262 e. The number of hydrogen-bond donors (Lipinski definition) is 2. The van der Waals surface area contributed by atoms with Gasteiger partial charge < -0.3 is 10.1 Å². The first-order valence-corrected chi connectivity index (χ1v) is 7.80. The smallest absolute Gasteiger partial charge is 0.262 e. The van der Waals surface area contributed by atoms with Crippen molar-refractivity contribution in [3.05, 3.63) is 17.2 Å². The number of anilines is 2. The molecular formula is C10H10Cl2N2O4S. The van der Waals surface area contributed by atoms with Gasteiger partial charge in [-0.2, -0.15) is 0 Å². The number of halogens is 2. The highest BCUT2D eigenvalue weighted by molar-refractivity contribution is 7.92. The third-order valence-electron chi connectivity index (χ3n) is 2.31. The second kappa shape index (κ2) is 5.44. The zero-order chi connectivity index (χ0) is 14.0. The second-order valence-corrected chi connectivity index (χ2v) is 6.40. The molecule has 19 heavy (non-hydrogen) atoms. The molecule has 1 aromatic carbocycles. The Kier molecular flexibility index (Phi) is 4.07. The van der Waals surface area contributed by atoms with Gasteiger partial charge >= 0.3 is 0 Å². The van der Waals surface area contributed by atoms with E-state index in [1.54, 1.807) is 0 Å². The Labute approximate surface area is 120 Å². The minimum atomic E-state index is -3.55. The lowest BCUT2D eigenvalue weighted by Crippen LogP contribution is -2.25. The van der Waals surface area contributed by atoms with Crippen molar-refractivity contribution in [2.75, 3.05) is 28.3 Å².